The molecule has 0 saturated carbocycles. The largest absolute Gasteiger partial charge is 0.294 e. The molecule has 0 fully saturated rings. The Morgan fingerprint density at radius 2 is 1.79 bits per heavy atom. The summed E-state index contributed by atoms with van der Waals surface area (Å²) in [4.78, 5) is 19.3. The first kappa shape index (κ1) is 16.6. The molecule has 0 aliphatic carbocycles. The van der Waals surface area contributed by atoms with Crippen LogP contribution in [0.25, 0.3) is 26.3 Å². The minimum Gasteiger partial charge on any atom is -0.294 e. The van der Waals surface area contributed by atoms with Crippen LogP contribution in [0, 0.1) is 0 Å². The quantitative estimate of drug-likeness (QED) is 0.463. The Morgan fingerprint density at radius 1 is 0.964 bits per heavy atom. The van der Waals surface area contributed by atoms with E-state index in [1.54, 1.807) is 33.1 Å². The number of hydrogen-bond donors (Lipinski definition) is 0. The summed E-state index contributed by atoms with van der Waals surface area (Å²) in [6.07, 6.45) is 5.29. The van der Waals surface area contributed by atoms with Crippen LogP contribution in [0.1, 0.15) is 5.56 Å². The Balaban J connectivity index is 1.46. The zero-order chi connectivity index (χ0) is 18.9. The van der Waals surface area contributed by atoms with Crippen LogP contribution in [0.4, 0.5) is 0 Å². The first-order valence-corrected chi connectivity index (χ1v) is 9.73. The van der Waals surface area contributed by atoms with E-state index >= 15 is 0 Å². The van der Waals surface area contributed by atoms with E-state index in [0.29, 0.717) is 11.9 Å². The third kappa shape index (κ3) is 3.04. The minimum absolute atomic E-state index is 0.0143. The van der Waals surface area contributed by atoms with Gasteiger partial charge in [0.05, 0.1) is 23.9 Å². The summed E-state index contributed by atoms with van der Waals surface area (Å²) in [5.41, 5.74) is 3.11. The van der Waals surface area contributed by atoms with Gasteiger partial charge in [-0.3, -0.25) is 9.36 Å². The lowest BCUT2D eigenvalue weighted by molar-refractivity contribution is 0.748. The molecule has 6 heteroatoms. The maximum Gasteiger partial charge on any atom is 0.262 e. The van der Waals surface area contributed by atoms with Crippen molar-refractivity contribution in [3.63, 3.8) is 0 Å². The molecule has 5 rings (SSSR count). The summed E-state index contributed by atoms with van der Waals surface area (Å²) in [7, 11) is 0. The van der Waals surface area contributed by atoms with E-state index in [2.05, 4.69) is 10.1 Å². The highest BCUT2D eigenvalue weighted by molar-refractivity contribution is 7.21. The van der Waals surface area contributed by atoms with Crippen LogP contribution < -0.4 is 5.56 Å². The average molecular weight is 384 g/mol. The summed E-state index contributed by atoms with van der Waals surface area (Å²) < 4.78 is 3.47. The van der Waals surface area contributed by atoms with Crippen molar-refractivity contribution in [1.82, 2.24) is 19.3 Å². The third-order valence-electron chi connectivity index (χ3n) is 4.63. The number of thiophene rings is 1. The first-order valence-electron chi connectivity index (χ1n) is 8.91. The fraction of sp³-hybridized carbons (Fsp3) is 0.0455. The van der Waals surface area contributed by atoms with E-state index in [1.807, 2.05) is 72.9 Å². The molecule has 0 bridgehead atoms. The molecule has 0 N–H and O–H groups in total. The molecular weight excluding hydrogens is 368 g/mol. The fourth-order valence-corrected chi connectivity index (χ4v) is 4.18. The summed E-state index contributed by atoms with van der Waals surface area (Å²) in [6, 6.07) is 21.9. The fourth-order valence-electron chi connectivity index (χ4n) is 3.19. The van der Waals surface area contributed by atoms with Crippen LogP contribution in [0.3, 0.4) is 0 Å². The molecule has 3 aromatic heterocycles. The van der Waals surface area contributed by atoms with E-state index in [-0.39, 0.29) is 5.56 Å². The van der Waals surface area contributed by atoms with Crippen molar-refractivity contribution < 1.29 is 0 Å². The Kier molecular flexibility index (Phi) is 4.10. The number of rotatable bonds is 4. The lowest BCUT2D eigenvalue weighted by Gasteiger charge is -2.07. The van der Waals surface area contributed by atoms with Gasteiger partial charge in [-0.15, -0.1) is 11.3 Å². The lowest BCUT2D eigenvalue weighted by atomic mass is 10.2. The number of nitrogens with zero attached hydrogens (tertiary/aromatic N) is 4. The Labute approximate surface area is 165 Å². The highest BCUT2D eigenvalue weighted by atomic mass is 32.1. The van der Waals surface area contributed by atoms with Crippen molar-refractivity contribution in [1.29, 1.82) is 0 Å². The van der Waals surface area contributed by atoms with Gasteiger partial charge in [0.2, 0.25) is 0 Å². The molecule has 0 spiro atoms. The second-order valence-corrected chi connectivity index (χ2v) is 7.52. The Bertz CT molecular complexity index is 1290. The van der Waals surface area contributed by atoms with Gasteiger partial charge in [0, 0.05) is 17.3 Å². The SMILES string of the molecule is O=c1c2cc(-c3ccccc3)sc2ncn1Cc1ccc(-n2cccn2)cc1. The zero-order valence-electron chi connectivity index (χ0n) is 14.9. The van der Waals surface area contributed by atoms with Gasteiger partial charge in [-0.25, -0.2) is 9.67 Å². The predicted octanol–water partition coefficient (Wildman–Crippen LogP) is 4.36. The van der Waals surface area contributed by atoms with Crippen LogP contribution in [-0.4, -0.2) is 19.3 Å². The van der Waals surface area contributed by atoms with Crippen molar-refractivity contribution in [3.8, 4) is 16.1 Å². The predicted molar refractivity (Wildman–Crippen MR) is 112 cm³/mol. The van der Waals surface area contributed by atoms with E-state index in [4.69, 9.17) is 0 Å². The van der Waals surface area contributed by atoms with Gasteiger partial charge >= 0.3 is 0 Å². The topological polar surface area (TPSA) is 52.7 Å². The molecule has 0 amide bonds. The molecule has 5 aromatic rings. The van der Waals surface area contributed by atoms with Gasteiger partial charge in [-0.05, 0) is 35.4 Å². The third-order valence-corrected chi connectivity index (χ3v) is 5.73. The van der Waals surface area contributed by atoms with Crippen molar-refractivity contribution in [2.75, 3.05) is 0 Å². The van der Waals surface area contributed by atoms with Crippen LogP contribution in [0.2, 0.25) is 0 Å². The summed E-state index contributed by atoms with van der Waals surface area (Å²) >= 11 is 1.55. The molecule has 0 atom stereocenters. The van der Waals surface area contributed by atoms with Gasteiger partial charge in [-0.1, -0.05) is 42.5 Å². The number of hydrogen-bond acceptors (Lipinski definition) is 4. The van der Waals surface area contributed by atoms with Crippen LogP contribution in [0.15, 0.2) is 90.2 Å². The minimum atomic E-state index is -0.0143. The van der Waals surface area contributed by atoms with Crippen LogP contribution in [0.5, 0.6) is 0 Å². The van der Waals surface area contributed by atoms with Crippen molar-refractivity contribution in [2.45, 2.75) is 6.54 Å². The monoisotopic (exact) mass is 384 g/mol. The molecule has 0 aliphatic rings. The zero-order valence-corrected chi connectivity index (χ0v) is 15.7. The molecule has 28 heavy (non-hydrogen) atoms. The highest BCUT2D eigenvalue weighted by Crippen LogP contribution is 2.30. The normalized spacial score (nSPS) is 11.1. The van der Waals surface area contributed by atoms with E-state index in [0.717, 1.165) is 26.5 Å². The summed E-state index contributed by atoms with van der Waals surface area (Å²) in [6.45, 7) is 0.484. The molecule has 2 aromatic carbocycles. The maximum absolute atomic E-state index is 12.9. The molecule has 0 unspecified atom stereocenters. The summed E-state index contributed by atoms with van der Waals surface area (Å²) in [5, 5.41) is 4.89. The summed E-state index contributed by atoms with van der Waals surface area (Å²) in [5.74, 6) is 0. The smallest absolute Gasteiger partial charge is 0.262 e. The van der Waals surface area contributed by atoms with Crippen LogP contribution >= 0.6 is 11.3 Å². The van der Waals surface area contributed by atoms with E-state index in [1.165, 1.54) is 0 Å². The van der Waals surface area contributed by atoms with Crippen molar-refractivity contribution in [3.05, 3.63) is 101 Å². The molecule has 0 aliphatic heterocycles. The van der Waals surface area contributed by atoms with Crippen molar-refractivity contribution >= 4 is 21.6 Å². The molecule has 0 saturated heterocycles. The molecule has 5 nitrogen and oxygen atoms in total. The Morgan fingerprint density at radius 3 is 2.54 bits per heavy atom. The number of fused-ring (bicyclic) bond motifs is 1. The maximum atomic E-state index is 12.9. The van der Waals surface area contributed by atoms with Gasteiger partial charge in [0.1, 0.15) is 4.83 Å². The second-order valence-electron chi connectivity index (χ2n) is 6.49. The van der Waals surface area contributed by atoms with Crippen LogP contribution in [-0.2, 0) is 6.54 Å². The molecule has 0 radical (unpaired) electrons. The number of aromatic nitrogens is 4. The molecular formula is C22H16N4OS. The molecule has 136 valence electrons. The van der Waals surface area contributed by atoms with Gasteiger partial charge in [-0.2, -0.15) is 5.10 Å². The highest BCUT2D eigenvalue weighted by Gasteiger charge is 2.10. The van der Waals surface area contributed by atoms with E-state index in [9.17, 15) is 4.79 Å². The van der Waals surface area contributed by atoms with E-state index < -0.39 is 0 Å². The Hall–Kier alpha value is -3.51. The van der Waals surface area contributed by atoms with Gasteiger partial charge in [0.25, 0.3) is 5.56 Å². The van der Waals surface area contributed by atoms with Gasteiger partial charge in [0.15, 0.2) is 0 Å². The van der Waals surface area contributed by atoms with Crippen molar-refractivity contribution in [2.24, 2.45) is 0 Å². The lowest BCUT2D eigenvalue weighted by Crippen LogP contribution is -2.20. The second kappa shape index (κ2) is 6.90. The molecule has 3 heterocycles. The number of benzene rings is 2. The van der Waals surface area contributed by atoms with Gasteiger partial charge < -0.3 is 0 Å². The first-order chi connectivity index (χ1) is 13.8. The standard InChI is InChI=1S/C22H16N4OS/c27-22-19-13-20(17-5-2-1-3-6-17)28-21(19)23-15-25(22)14-16-7-9-18(10-8-16)26-12-4-11-24-26/h1-13,15H,14H2. The average Bonchev–Trinajstić information content (AvgIpc) is 3.42.